The first kappa shape index (κ1) is 21.0. The first-order valence-corrected chi connectivity index (χ1v) is 11.2. The van der Waals surface area contributed by atoms with Crippen molar-refractivity contribution in [3.63, 3.8) is 0 Å². The maximum atomic E-state index is 13.4. The van der Waals surface area contributed by atoms with Crippen LogP contribution < -0.4 is 5.32 Å². The van der Waals surface area contributed by atoms with Crippen molar-refractivity contribution in [3.05, 3.63) is 95.2 Å². The molecule has 4 aromatic rings. The molecule has 0 unspecified atom stereocenters. The Balaban J connectivity index is 1.31. The predicted octanol–water partition coefficient (Wildman–Crippen LogP) is 5.36. The van der Waals surface area contributed by atoms with E-state index >= 15 is 0 Å². The van der Waals surface area contributed by atoms with Gasteiger partial charge in [-0.05, 0) is 66.8 Å². The fourth-order valence-electron chi connectivity index (χ4n) is 4.40. The topological polar surface area (TPSA) is 62.6 Å². The SMILES string of the molecule is Cc1ccc(-c2ccccc2C(=O)N2CC[C@H]2CNC(=O)c2cccc3occc23)cc1C. The predicted molar refractivity (Wildman–Crippen MR) is 129 cm³/mol. The molecule has 2 heterocycles. The number of nitrogens with zero attached hydrogens (tertiary/aromatic N) is 1. The van der Waals surface area contributed by atoms with Gasteiger partial charge < -0.3 is 14.6 Å². The first-order chi connectivity index (χ1) is 16.0. The molecule has 33 heavy (non-hydrogen) atoms. The summed E-state index contributed by atoms with van der Waals surface area (Å²) in [7, 11) is 0. The molecule has 0 bridgehead atoms. The summed E-state index contributed by atoms with van der Waals surface area (Å²) in [5.74, 6) is -0.150. The molecule has 1 aliphatic heterocycles. The number of furan rings is 1. The monoisotopic (exact) mass is 438 g/mol. The molecule has 1 aliphatic rings. The summed E-state index contributed by atoms with van der Waals surface area (Å²) in [5.41, 5.74) is 6.37. The van der Waals surface area contributed by atoms with Gasteiger partial charge in [-0.1, -0.05) is 42.5 Å². The average Bonchev–Trinajstić information content (AvgIpc) is 3.29. The van der Waals surface area contributed by atoms with Crippen LogP contribution in [0.25, 0.3) is 22.1 Å². The molecule has 2 amide bonds. The van der Waals surface area contributed by atoms with Crippen molar-refractivity contribution in [1.29, 1.82) is 0 Å². The molecule has 1 saturated heterocycles. The second-order valence-electron chi connectivity index (χ2n) is 8.63. The van der Waals surface area contributed by atoms with Gasteiger partial charge in [0.15, 0.2) is 0 Å². The zero-order chi connectivity index (χ0) is 22.9. The lowest BCUT2D eigenvalue weighted by Crippen LogP contribution is -2.56. The molecule has 0 spiro atoms. The van der Waals surface area contributed by atoms with Crippen LogP contribution in [0.3, 0.4) is 0 Å². The van der Waals surface area contributed by atoms with Crippen molar-refractivity contribution in [1.82, 2.24) is 10.2 Å². The van der Waals surface area contributed by atoms with Crippen molar-refractivity contribution in [2.45, 2.75) is 26.3 Å². The normalized spacial score (nSPS) is 15.3. The third-order valence-electron chi connectivity index (χ3n) is 6.62. The third kappa shape index (κ3) is 3.91. The highest BCUT2D eigenvalue weighted by atomic mass is 16.3. The zero-order valence-corrected chi connectivity index (χ0v) is 18.8. The minimum Gasteiger partial charge on any atom is -0.464 e. The number of rotatable bonds is 5. The molecule has 5 heteroatoms. The Labute approximate surface area is 193 Å². The molecule has 5 nitrogen and oxygen atoms in total. The van der Waals surface area contributed by atoms with Crippen molar-refractivity contribution < 1.29 is 14.0 Å². The summed E-state index contributed by atoms with van der Waals surface area (Å²) in [4.78, 5) is 28.1. The highest BCUT2D eigenvalue weighted by Gasteiger charge is 2.34. The van der Waals surface area contributed by atoms with Gasteiger partial charge >= 0.3 is 0 Å². The lowest BCUT2D eigenvalue weighted by atomic mass is 9.94. The van der Waals surface area contributed by atoms with Gasteiger partial charge in [0.2, 0.25) is 0 Å². The smallest absolute Gasteiger partial charge is 0.254 e. The van der Waals surface area contributed by atoms with E-state index in [1.165, 1.54) is 11.1 Å². The van der Waals surface area contributed by atoms with Gasteiger partial charge in [0, 0.05) is 24.0 Å². The van der Waals surface area contributed by atoms with E-state index in [9.17, 15) is 9.59 Å². The van der Waals surface area contributed by atoms with Gasteiger partial charge in [-0.3, -0.25) is 9.59 Å². The minimum absolute atomic E-state index is 0.00580. The van der Waals surface area contributed by atoms with Crippen LogP contribution in [0.15, 0.2) is 77.4 Å². The number of fused-ring (bicyclic) bond motifs is 1. The van der Waals surface area contributed by atoms with Crippen LogP contribution in [0, 0.1) is 13.8 Å². The maximum Gasteiger partial charge on any atom is 0.254 e. The van der Waals surface area contributed by atoms with Gasteiger partial charge in [-0.2, -0.15) is 0 Å². The summed E-state index contributed by atoms with van der Waals surface area (Å²) in [5, 5.41) is 3.80. The Hall–Kier alpha value is -3.86. The fraction of sp³-hybridized carbons (Fsp3) is 0.214. The number of aryl methyl sites for hydroxylation is 2. The van der Waals surface area contributed by atoms with E-state index in [-0.39, 0.29) is 17.9 Å². The molecule has 0 saturated carbocycles. The van der Waals surface area contributed by atoms with E-state index in [1.807, 2.05) is 41.3 Å². The first-order valence-electron chi connectivity index (χ1n) is 11.2. The van der Waals surface area contributed by atoms with E-state index in [2.05, 4.69) is 37.4 Å². The van der Waals surface area contributed by atoms with Crippen LogP contribution in [0.4, 0.5) is 0 Å². The number of nitrogens with one attached hydrogen (secondary N) is 1. The summed E-state index contributed by atoms with van der Waals surface area (Å²) < 4.78 is 5.39. The molecule has 1 aromatic heterocycles. The lowest BCUT2D eigenvalue weighted by Gasteiger charge is -2.41. The van der Waals surface area contributed by atoms with Crippen molar-refractivity contribution in [3.8, 4) is 11.1 Å². The quantitative estimate of drug-likeness (QED) is 0.456. The molecule has 1 fully saturated rings. The number of carbonyl (C=O) groups excluding carboxylic acids is 2. The van der Waals surface area contributed by atoms with Crippen molar-refractivity contribution in [2.24, 2.45) is 0 Å². The number of carbonyl (C=O) groups is 2. The van der Waals surface area contributed by atoms with Gasteiger partial charge in [0.05, 0.1) is 17.9 Å². The van der Waals surface area contributed by atoms with E-state index in [0.29, 0.717) is 29.8 Å². The number of amides is 2. The van der Waals surface area contributed by atoms with Crippen LogP contribution in [-0.2, 0) is 0 Å². The molecular formula is C28H26N2O3. The van der Waals surface area contributed by atoms with Gasteiger partial charge in [0.1, 0.15) is 5.58 Å². The van der Waals surface area contributed by atoms with E-state index in [1.54, 1.807) is 18.4 Å². The molecule has 5 rings (SSSR count). The molecule has 166 valence electrons. The molecule has 3 aromatic carbocycles. The molecular weight excluding hydrogens is 412 g/mol. The highest BCUT2D eigenvalue weighted by Crippen LogP contribution is 2.29. The van der Waals surface area contributed by atoms with Gasteiger partial charge in [-0.15, -0.1) is 0 Å². The number of hydrogen-bond donors (Lipinski definition) is 1. The Kier molecular flexibility index (Phi) is 5.47. The Morgan fingerprint density at radius 3 is 2.58 bits per heavy atom. The Morgan fingerprint density at radius 1 is 0.970 bits per heavy atom. The maximum absolute atomic E-state index is 13.4. The largest absolute Gasteiger partial charge is 0.464 e. The van der Waals surface area contributed by atoms with Gasteiger partial charge in [-0.25, -0.2) is 0 Å². The second-order valence-corrected chi connectivity index (χ2v) is 8.63. The summed E-state index contributed by atoms with van der Waals surface area (Å²) >= 11 is 0. The molecule has 1 N–H and O–H groups in total. The van der Waals surface area contributed by atoms with Crippen molar-refractivity contribution in [2.75, 3.05) is 13.1 Å². The number of likely N-dealkylation sites (tertiary alicyclic amines) is 1. The fourth-order valence-corrected chi connectivity index (χ4v) is 4.40. The van der Waals surface area contributed by atoms with Crippen LogP contribution in [-0.4, -0.2) is 35.8 Å². The minimum atomic E-state index is -0.156. The summed E-state index contributed by atoms with van der Waals surface area (Å²) in [6, 6.07) is 21.3. The van der Waals surface area contributed by atoms with E-state index in [0.717, 1.165) is 22.9 Å². The third-order valence-corrected chi connectivity index (χ3v) is 6.62. The Bertz CT molecular complexity index is 1350. The van der Waals surface area contributed by atoms with Crippen molar-refractivity contribution >= 4 is 22.8 Å². The van der Waals surface area contributed by atoms with Crippen LogP contribution in [0.2, 0.25) is 0 Å². The molecule has 0 radical (unpaired) electrons. The second kappa shape index (κ2) is 8.58. The molecule has 1 atom stereocenters. The zero-order valence-electron chi connectivity index (χ0n) is 18.8. The highest BCUT2D eigenvalue weighted by molar-refractivity contribution is 6.06. The number of benzene rings is 3. The van der Waals surface area contributed by atoms with Gasteiger partial charge in [0.25, 0.3) is 11.8 Å². The number of hydrogen-bond acceptors (Lipinski definition) is 3. The van der Waals surface area contributed by atoms with E-state index < -0.39 is 0 Å². The standard InChI is InChI=1S/C28H26N2O3/c1-18-10-11-20(16-19(18)2)22-6-3-4-7-25(22)28(32)30-14-12-21(30)17-29-27(31)24-8-5-9-26-23(24)13-15-33-26/h3-11,13,15-16,21H,12,14,17H2,1-2H3,(H,29,31)/t21-/m0/s1. The summed E-state index contributed by atoms with van der Waals surface area (Å²) in [6.45, 7) is 5.28. The van der Waals surface area contributed by atoms with E-state index in [4.69, 9.17) is 4.42 Å². The van der Waals surface area contributed by atoms with Crippen LogP contribution in [0.5, 0.6) is 0 Å². The van der Waals surface area contributed by atoms with Crippen LogP contribution in [0.1, 0.15) is 38.3 Å². The summed E-state index contributed by atoms with van der Waals surface area (Å²) in [6.07, 6.45) is 2.45. The lowest BCUT2D eigenvalue weighted by molar-refractivity contribution is 0.0456. The Morgan fingerprint density at radius 2 is 1.79 bits per heavy atom. The van der Waals surface area contributed by atoms with Crippen LogP contribution >= 0.6 is 0 Å². The molecule has 0 aliphatic carbocycles. The average molecular weight is 439 g/mol.